The van der Waals surface area contributed by atoms with Crippen LogP contribution < -0.4 is 0 Å². The molecule has 0 unspecified atom stereocenters. The van der Waals surface area contributed by atoms with Gasteiger partial charge in [0.05, 0.1) is 0 Å². The molecule has 0 bridgehead atoms. The van der Waals surface area contributed by atoms with Crippen LogP contribution in [0.4, 0.5) is 0 Å². The van der Waals surface area contributed by atoms with E-state index in [0.29, 0.717) is 12.1 Å². The second-order valence-electron chi connectivity index (χ2n) is 4.84. The molecule has 0 saturated carbocycles. The van der Waals surface area contributed by atoms with Gasteiger partial charge in [-0.1, -0.05) is 31.5 Å². The number of amides is 1. The number of hydrogen-bond donors (Lipinski definition) is 1. The van der Waals surface area contributed by atoms with Gasteiger partial charge in [-0.25, -0.2) is 0 Å². The zero-order chi connectivity index (χ0) is 13.7. The molecule has 1 rings (SSSR count). The number of rotatable bonds is 5. The summed E-state index contributed by atoms with van der Waals surface area (Å²) in [6, 6.07) is 7.19. The van der Waals surface area contributed by atoms with Crippen molar-refractivity contribution in [1.82, 2.24) is 4.90 Å². The Bertz CT molecular complexity index is 440. The molecule has 0 saturated heterocycles. The minimum atomic E-state index is -0.989. The van der Waals surface area contributed by atoms with Gasteiger partial charge >= 0.3 is 5.97 Å². The third-order valence-electron chi connectivity index (χ3n) is 2.46. The van der Waals surface area contributed by atoms with E-state index in [-0.39, 0.29) is 18.4 Å². The molecule has 1 amide bonds. The quantitative estimate of drug-likeness (QED) is 0.870. The molecular formula is C14H19NO3. The SMILES string of the molecule is Cc1cccc(C(=O)N(CC(=O)O)CC(C)C)c1. The zero-order valence-electron chi connectivity index (χ0n) is 11.0. The van der Waals surface area contributed by atoms with Crippen LogP contribution in [0.15, 0.2) is 24.3 Å². The van der Waals surface area contributed by atoms with Crippen LogP contribution in [-0.2, 0) is 4.79 Å². The highest BCUT2D eigenvalue weighted by atomic mass is 16.4. The summed E-state index contributed by atoms with van der Waals surface area (Å²) < 4.78 is 0. The third-order valence-corrected chi connectivity index (χ3v) is 2.46. The standard InChI is InChI=1S/C14H19NO3/c1-10(2)8-15(9-13(16)17)14(18)12-6-4-5-11(3)7-12/h4-7,10H,8-9H2,1-3H3,(H,16,17). The number of carboxylic acid groups (broad SMARTS) is 1. The van der Waals surface area contributed by atoms with Crippen molar-refractivity contribution in [2.75, 3.05) is 13.1 Å². The second-order valence-corrected chi connectivity index (χ2v) is 4.84. The van der Waals surface area contributed by atoms with Gasteiger partial charge in [0, 0.05) is 12.1 Å². The van der Waals surface area contributed by atoms with Crippen LogP contribution in [0.1, 0.15) is 29.8 Å². The number of aryl methyl sites for hydroxylation is 1. The van der Waals surface area contributed by atoms with Crippen LogP contribution >= 0.6 is 0 Å². The zero-order valence-corrected chi connectivity index (χ0v) is 11.0. The molecule has 98 valence electrons. The Morgan fingerprint density at radius 2 is 2.00 bits per heavy atom. The minimum Gasteiger partial charge on any atom is -0.480 e. The lowest BCUT2D eigenvalue weighted by atomic mass is 10.1. The van der Waals surface area contributed by atoms with E-state index in [4.69, 9.17) is 5.11 Å². The van der Waals surface area contributed by atoms with Gasteiger partial charge in [0.1, 0.15) is 6.54 Å². The van der Waals surface area contributed by atoms with E-state index in [1.165, 1.54) is 4.90 Å². The van der Waals surface area contributed by atoms with Crippen LogP contribution in [-0.4, -0.2) is 35.0 Å². The Morgan fingerprint density at radius 1 is 1.33 bits per heavy atom. The predicted octanol–water partition coefficient (Wildman–Crippen LogP) is 2.18. The van der Waals surface area contributed by atoms with Crippen LogP contribution in [0.2, 0.25) is 0 Å². The van der Waals surface area contributed by atoms with Gasteiger partial charge in [-0.15, -0.1) is 0 Å². The van der Waals surface area contributed by atoms with E-state index in [1.54, 1.807) is 18.2 Å². The Labute approximate surface area is 107 Å². The number of nitrogens with zero attached hydrogens (tertiary/aromatic N) is 1. The van der Waals surface area contributed by atoms with E-state index < -0.39 is 5.97 Å². The Morgan fingerprint density at radius 3 is 2.50 bits per heavy atom. The van der Waals surface area contributed by atoms with Gasteiger partial charge in [0.15, 0.2) is 0 Å². The molecule has 1 N–H and O–H groups in total. The molecule has 18 heavy (non-hydrogen) atoms. The van der Waals surface area contributed by atoms with E-state index in [1.807, 2.05) is 26.8 Å². The summed E-state index contributed by atoms with van der Waals surface area (Å²) in [4.78, 5) is 24.4. The van der Waals surface area contributed by atoms with Gasteiger partial charge in [0.2, 0.25) is 0 Å². The number of carbonyl (C=O) groups is 2. The summed E-state index contributed by atoms with van der Waals surface area (Å²) in [6.07, 6.45) is 0. The third kappa shape index (κ3) is 4.20. The fourth-order valence-electron chi connectivity index (χ4n) is 1.78. The molecule has 4 nitrogen and oxygen atoms in total. The van der Waals surface area contributed by atoms with Crippen LogP contribution in [0, 0.1) is 12.8 Å². The van der Waals surface area contributed by atoms with Crippen molar-refractivity contribution in [1.29, 1.82) is 0 Å². The van der Waals surface area contributed by atoms with Crippen LogP contribution in [0.25, 0.3) is 0 Å². The predicted molar refractivity (Wildman–Crippen MR) is 69.6 cm³/mol. The summed E-state index contributed by atoms with van der Waals surface area (Å²) in [5.41, 5.74) is 1.53. The molecule has 1 aromatic carbocycles. The summed E-state index contributed by atoms with van der Waals surface area (Å²) in [5.74, 6) is -0.982. The lowest BCUT2D eigenvalue weighted by Crippen LogP contribution is -2.38. The van der Waals surface area contributed by atoms with E-state index in [0.717, 1.165) is 5.56 Å². The maximum atomic E-state index is 12.2. The molecule has 0 heterocycles. The molecule has 0 aliphatic carbocycles. The first-order valence-electron chi connectivity index (χ1n) is 5.98. The van der Waals surface area contributed by atoms with E-state index >= 15 is 0 Å². The van der Waals surface area contributed by atoms with Crippen molar-refractivity contribution in [2.45, 2.75) is 20.8 Å². The average molecular weight is 249 g/mol. The second kappa shape index (κ2) is 6.19. The highest BCUT2D eigenvalue weighted by Crippen LogP contribution is 2.09. The Hall–Kier alpha value is -1.84. The first-order chi connectivity index (χ1) is 8.40. The van der Waals surface area contributed by atoms with Crippen molar-refractivity contribution >= 4 is 11.9 Å². The number of hydrogen-bond acceptors (Lipinski definition) is 2. The summed E-state index contributed by atoms with van der Waals surface area (Å²) in [7, 11) is 0. The summed E-state index contributed by atoms with van der Waals surface area (Å²) in [6.45, 7) is 6.00. The maximum Gasteiger partial charge on any atom is 0.323 e. The number of benzene rings is 1. The molecule has 0 fully saturated rings. The smallest absolute Gasteiger partial charge is 0.323 e. The topological polar surface area (TPSA) is 57.6 Å². The average Bonchev–Trinajstić information content (AvgIpc) is 2.26. The van der Waals surface area contributed by atoms with Gasteiger partial charge in [0.25, 0.3) is 5.91 Å². The monoisotopic (exact) mass is 249 g/mol. The highest BCUT2D eigenvalue weighted by molar-refractivity contribution is 5.96. The van der Waals surface area contributed by atoms with Crippen molar-refractivity contribution in [2.24, 2.45) is 5.92 Å². The van der Waals surface area contributed by atoms with E-state index in [9.17, 15) is 9.59 Å². The largest absolute Gasteiger partial charge is 0.480 e. The number of aliphatic carboxylic acids is 1. The highest BCUT2D eigenvalue weighted by Gasteiger charge is 2.19. The van der Waals surface area contributed by atoms with Gasteiger partial charge in [-0.2, -0.15) is 0 Å². The molecule has 0 spiro atoms. The Kier molecular flexibility index (Phi) is 4.89. The molecule has 1 aromatic rings. The molecule has 4 heteroatoms. The summed E-state index contributed by atoms with van der Waals surface area (Å²) in [5, 5.41) is 8.85. The fourth-order valence-corrected chi connectivity index (χ4v) is 1.78. The molecule has 0 aliphatic heterocycles. The molecule has 0 aromatic heterocycles. The maximum absolute atomic E-state index is 12.2. The van der Waals surface area contributed by atoms with Gasteiger partial charge in [-0.3, -0.25) is 9.59 Å². The van der Waals surface area contributed by atoms with Crippen molar-refractivity contribution < 1.29 is 14.7 Å². The van der Waals surface area contributed by atoms with Crippen molar-refractivity contribution in [3.05, 3.63) is 35.4 Å². The number of carboxylic acids is 1. The lowest BCUT2D eigenvalue weighted by Gasteiger charge is -2.22. The summed E-state index contributed by atoms with van der Waals surface area (Å²) >= 11 is 0. The van der Waals surface area contributed by atoms with Crippen LogP contribution in [0.5, 0.6) is 0 Å². The fraction of sp³-hybridized carbons (Fsp3) is 0.429. The minimum absolute atomic E-state index is 0.227. The van der Waals surface area contributed by atoms with Gasteiger partial charge in [-0.05, 0) is 25.0 Å². The van der Waals surface area contributed by atoms with Crippen LogP contribution in [0.3, 0.4) is 0 Å². The number of carbonyl (C=O) groups excluding carboxylic acids is 1. The van der Waals surface area contributed by atoms with Crippen molar-refractivity contribution in [3.8, 4) is 0 Å². The normalized spacial score (nSPS) is 10.4. The first-order valence-corrected chi connectivity index (χ1v) is 5.98. The van der Waals surface area contributed by atoms with Crippen molar-refractivity contribution in [3.63, 3.8) is 0 Å². The molecule has 0 radical (unpaired) electrons. The van der Waals surface area contributed by atoms with E-state index in [2.05, 4.69) is 0 Å². The molecule has 0 atom stereocenters. The molecule has 0 aliphatic rings. The van der Waals surface area contributed by atoms with Gasteiger partial charge < -0.3 is 10.0 Å². The lowest BCUT2D eigenvalue weighted by molar-refractivity contribution is -0.137. The first kappa shape index (κ1) is 14.2. The Balaban J connectivity index is 2.90. The molecular weight excluding hydrogens is 230 g/mol.